The van der Waals surface area contributed by atoms with Gasteiger partial charge in [0.25, 0.3) is 0 Å². The summed E-state index contributed by atoms with van der Waals surface area (Å²) in [6.07, 6.45) is 3.51. The van der Waals surface area contributed by atoms with E-state index in [1.54, 1.807) is 31.2 Å². The molecule has 4 rings (SSSR count). The van der Waals surface area contributed by atoms with Crippen molar-refractivity contribution in [2.75, 3.05) is 39.9 Å². The number of rotatable bonds is 7. The Labute approximate surface area is 200 Å². The van der Waals surface area contributed by atoms with Gasteiger partial charge in [-0.2, -0.15) is 0 Å². The fourth-order valence-electron chi connectivity index (χ4n) is 4.11. The van der Waals surface area contributed by atoms with E-state index in [9.17, 15) is 13.6 Å². The van der Waals surface area contributed by atoms with Gasteiger partial charge in [0.1, 0.15) is 23.5 Å². The lowest BCUT2D eigenvalue weighted by Gasteiger charge is -2.31. The summed E-state index contributed by atoms with van der Waals surface area (Å²) in [4.78, 5) is 13.0. The van der Waals surface area contributed by atoms with Gasteiger partial charge < -0.3 is 24.4 Å². The van der Waals surface area contributed by atoms with E-state index in [1.165, 1.54) is 24.3 Å². The largest absolute Gasteiger partial charge is 0.490 e. The number of carbonyl (C=O) groups is 1. The lowest BCUT2D eigenvalue weighted by atomic mass is 10.0. The summed E-state index contributed by atoms with van der Waals surface area (Å²) in [5, 5.41) is 3.10. The summed E-state index contributed by atoms with van der Waals surface area (Å²) in [6.45, 7) is 5.16. The topological polar surface area (TPSA) is 60.0 Å². The molecule has 1 N–H and O–H groups in total. The minimum absolute atomic E-state index is 0.116. The molecular formula is C26H34F2N2O4. The van der Waals surface area contributed by atoms with Crippen molar-refractivity contribution < 1.29 is 27.8 Å². The SMILES string of the molecule is CC(=O)N1CCC(Oc2ccc(F)cc2)CC1.CNCCCC1(c2ccc(F)cc2)OCCO1. The predicted molar refractivity (Wildman–Crippen MR) is 125 cm³/mol. The molecule has 1 amide bonds. The summed E-state index contributed by atoms with van der Waals surface area (Å²) in [7, 11) is 1.92. The second-order valence-electron chi connectivity index (χ2n) is 8.44. The molecule has 8 heteroatoms. The van der Waals surface area contributed by atoms with Crippen molar-refractivity contribution in [3.8, 4) is 5.75 Å². The standard InChI is InChI=1S/C13H18FNO2.C13H16FNO2/c1-15-8-2-7-13(16-9-10-17-13)11-3-5-12(14)6-4-11;1-10(16)15-8-6-13(7-9-15)17-12-4-2-11(14)3-5-12/h3-6,15H,2,7-10H2,1H3;2-5,13H,6-9H2,1H3. The highest BCUT2D eigenvalue weighted by Crippen LogP contribution is 2.35. The van der Waals surface area contributed by atoms with Crippen LogP contribution < -0.4 is 10.1 Å². The minimum atomic E-state index is -0.676. The van der Waals surface area contributed by atoms with Crippen LogP contribution in [0.5, 0.6) is 5.75 Å². The minimum Gasteiger partial charge on any atom is -0.490 e. The van der Waals surface area contributed by atoms with Crippen LogP contribution in [0.2, 0.25) is 0 Å². The van der Waals surface area contributed by atoms with Gasteiger partial charge in [0.15, 0.2) is 5.79 Å². The van der Waals surface area contributed by atoms with Gasteiger partial charge in [-0.15, -0.1) is 0 Å². The number of hydrogen-bond donors (Lipinski definition) is 1. The Morgan fingerprint density at radius 1 is 1.03 bits per heavy atom. The van der Waals surface area contributed by atoms with Crippen molar-refractivity contribution in [3.63, 3.8) is 0 Å². The van der Waals surface area contributed by atoms with Crippen LogP contribution in [0.1, 0.15) is 38.2 Å². The van der Waals surface area contributed by atoms with E-state index in [0.29, 0.717) is 19.0 Å². The van der Waals surface area contributed by atoms with Gasteiger partial charge in [-0.05, 0) is 56.4 Å². The van der Waals surface area contributed by atoms with Gasteiger partial charge >= 0.3 is 0 Å². The quantitative estimate of drug-likeness (QED) is 0.606. The number of likely N-dealkylation sites (tertiary alicyclic amines) is 1. The molecule has 6 nitrogen and oxygen atoms in total. The molecule has 0 radical (unpaired) electrons. The zero-order valence-electron chi connectivity index (χ0n) is 19.9. The molecule has 0 bridgehead atoms. The second kappa shape index (κ2) is 12.8. The van der Waals surface area contributed by atoms with Crippen LogP contribution >= 0.6 is 0 Å². The molecule has 2 aliphatic rings. The van der Waals surface area contributed by atoms with E-state index in [0.717, 1.165) is 50.9 Å². The van der Waals surface area contributed by atoms with Crippen LogP contribution in [0, 0.1) is 11.6 Å². The van der Waals surface area contributed by atoms with Crippen molar-refractivity contribution in [2.24, 2.45) is 0 Å². The molecule has 34 heavy (non-hydrogen) atoms. The van der Waals surface area contributed by atoms with Gasteiger partial charge in [0, 0.05) is 44.8 Å². The van der Waals surface area contributed by atoms with E-state index >= 15 is 0 Å². The first kappa shape index (κ1) is 26.1. The molecular weight excluding hydrogens is 442 g/mol. The van der Waals surface area contributed by atoms with Crippen LogP contribution in [0.25, 0.3) is 0 Å². The van der Waals surface area contributed by atoms with Crippen LogP contribution in [-0.4, -0.2) is 56.8 Å². The fourth-order valence-corrected chi connectivity index (χ4v) is 4.11. The molecule has 2 aliphatic heterocycles. The van der Waals surface area contributed by atoms with Gasteiger partial charge in [-0.25, -0.2) is 8.78 Å². The maximum absolute atomic E-state index is 12.9. The predicted octanol–water partition coefficient (Wildman–Crippen LogP) is 4.24. The summed E-state index contributed by atoms with van der Waals surface area (Å²) in [5.74, 6) is -0.372. The van der Waals surface area contributed by atoms with Crippen LogP contribution in [-0.2, 0) is 20.1 Å². The van der Waals surface area contributed by atoms with E-state index in [2.05, 4.69) is 5.32 Å². The van der Waals surface area contributed by atoms with Crippen LogP contribution in [0.4, 0.5) is 8.78 Å². The van der Waals surface area contributed by atoms with E-state index in [1.807, 2.05) is 11.9 Å². The Balaban J connectivity index is 0.000000191. The van der Waals surface area contributed by atoms with Crippen molar-refractivity contribution in [1.82, 2.24) is 10.2 Å². The number of benzene rings is 2. The Morgan fingerprint density at radius 3 is 2.12 bits per heavy atom. The highest BCUT2D eigenvalue weighted by molar-refractivity contribution is 5.73. The molecule has 0 unspecified atom stereocenters. The number of hydrogen-bond acceptors (Lipinski definition) is 5. The van der Waals surface area contributed by atoms with Crippen molar-refractivity contribution in [1.29, 1.82) is 0 Å². The summed E-state index contributed by atoms with van der Waals surface area (Å²) < 4.78 is 42.8. The van der Waals surface area contributed by atoms with Gasteiger partial charge in [-0.3, -0.25) is 4.79 Å². The summed E-state index contributed by atoms with van der Waals surface area (Å²) in [5.41, 5.74) is 0.896. The van der Waals surface area contributed by atoms with Gasteiger partial charge in [0.05, 0.1) is 13.2 Å². The third-order valence-electron chi connectivity index (χ3n) is 5.97. The molecule has 2 aromatic rings. The molecule has 0 aromatic heterocycles. The number of amides is 1. The number of nitrogens with one attached hydrogen (secondary N) is 1. The van der Waals surface area contributed by atoms with Crippen LogP contribution in [0.15, 0.2) is 48.5 Å². The molecule has 0 aliphatic carbocycles. The number of nitrogens with zero attached hydrogens (tertiary/aromatic N) is 1. The number of halogens is 2. The number of carbonyl (C=O) groups excluding carboxylic acids is 1. The second-order valence-corrected chi connectivity index (χ2v) is 8.44. The number of piperidine rings is 1. The van der Waals surface area contributed by atoms with Gasteiger partial charge in [0.2, 0.25) is 5.91 Å². The Morgan fingerprint density at radius 2 is 1.59 bits per heavy atom. The van der Waals surface area contributed by atoms with Gasteiger partial charge in [-0.1, -0.05) is 12.1 Å². The molecule has 2 heterocycles. The monoisotopic (exact) mass is 476 g/mol. The first-order chi connectivity index (χ1) is 16.4. The maximum atomic E-state index is 12.9. The van der Waals surface area contributed by atoms with Crippen LogP contribution in [0.3, 0.4) is 0 Å². The first-order valence-electron chi connectivity index (χ1n) is 11.8. The maximum Gasteiger partial charge on any atom is 0.219 e. The highest BCUT2D eigenvalue weighted by atomic mass is 19.1. The first-order valence-corrected chi connectivity index (χ1v) is 11.8. The molecule has 186 valence electrons. The number of ether oxygens (including phenoxy) is 3. The molecule has 2 aromatic carbocycles. The van der Waals surface area contributed by atoms with E-state index in [4.69, 9.17) is 14.2 Å². The smallest absolute Gasteiger partial charge is 0.219 e. The third kappa shape index (κ3) is 7.48. The fraction of sp³-hybridized carbons (Fsp3) is 0.500. The molecule has 0 spiro atoms. The lowest BCUT2D eigenvalue weighted by molar-refractivity contribution is -0.171. The van der Waals surface area contributed by atoms with Crippen molar-refractivity contribution >= 4 is 5.91 Å². The average Bonchev–Trinajstić information content (AvgIpc) is 3.32. The summed E-state index contributed by atoms with van der Waals surface area (Å²) in [6, 6.07) is 12.4. The lowest BCUT2D eigenvalue weighted by Crippen LogP contribution is -2.40. The highest BCUT2D eigenvalue weighted by Gasteiger charge is 2.37. The molecule has 2 fully saturated rings. The summed E-state index contributed by atoms with van der Waals surface area (Å²) >= 11 is 0. The average molecular weight is 477 g/mol. The molecule has 0 saturated carbocycles. The third-order valence-corrected chi connectivity index (χ3v) is 5.97. The van der Waals surface area contributed by atoms with Crippen molar-refractivity contribution in [2.45, 2.75) is 44.5 Å². The van der Waals surface area contributed by atoms with Crippen molar-refractivity contribution in [3.05, 3.63) is 65.7 Å². The molecule has 2 saturated heterocycles. The molecule has 0 atom stereocenters. The zero-order chi connectivity index (χ0) is 24.4. The Kier molecular flexibility index (Phi) is 9.80. The normalized spacial score (nSPS) is 17.7. The van der Waals surface area contributed by atoms with E-state index in [-0.39, 0.29) is 23.6 Å². The zero-order valence-corrected chi connectivity index (χ0v) is 19.9. The Hall–Kier alpha value is -2.55. The van der Waals surface area contributed by atoms with E-state index < -0.39 is 5.79 Å². The Bertz CT molecular complexity index is 879.